The van der Waals surface area contributed by atoms with E-state index in [0.717, 1.165) is 10.0 Å². The number of carbonyl (C=O) groups excluding carboxylic acids is 1. The van der Waals surface area contributed by atoms with Gasteiger partial charge >= 0.3 is 0 Å². The van der Waals surface area contributed by atoms with Gasteiger partial charge in [0.05, 0.1) is 11.5 Å². The van der Waals surface area contributed by atoms with Crippen molar-refractivity contribution in [3.8, 4) is 0 Å². The van der Waals surface area contributed by atoms with E-state index in [1.165, 1.54) is 24.3 Å². The zero-order valence-electron chi connectivity index (χ0n) is 11.0. The third-order valence-electron chi connectivity index (χ3n) is 2.79. The van der Waals surface area contributed by atoms with Gasteiger partial charge in [-0.25, -0.2) is 0 Å². The van der Waals surface area contributed by atoms with Crippen molar-refractivity contribution >= 4 is 27.4 Å². The Hall–Kier alpha value is -2.05. The second-order valence-corrected chi connectivity index (χ2v) is 5.27. The molecule has 0 radical (unpaired) electrons. The molecule has 0 amide bonds. The summed E-state index contributed by atoms with van der Waals surface area (Å²) < 4.78 is 6.31. The molecule has 0 aliphatic rings. The SMILES string of the molecule is O=C(COCc1cccc(Br)c1)c1ccc([N+](=O)[O-])cc1. The highest BCUT2D eigenvalue weighted by Crippen LogP contribution is 2.14. The number of hydrogen-bond donors (Lipinski definition) is 0. The van der Waals surface area contributed by atoms with E-state index in [0.29, 0.717) is 12.2 Å². The second kappa shape index (κ2) is 7.10. The predicted octanol–water partition coefficient (Wildman–Crippen LogP) is 3.76. The maximum absolute atomic E-state index is 11.9. The molecule has 0 atom stereocenters. The van der Waals surface area contributed by atoms with Gasteiger partial charge in [0.2, 0.25) is 0 Å². The lowest BCUT2D eigenvalue weighted by molar-refractivity contribution is -0.384. The van der Waals surface area contributed by atoms with E-state index >= 15 is 0 Å². The molecule has 108 valence electrons. The number of ketones is 1. The van der Waals surface area contributed by atoms with Crippen LogP contribution >= 0.6 is 15.9 Å². The maximum atomic E-state index is 11.9. The van der Waals surface area contributed by atoms with E-state index in [-0.39, 0.29) is 18.1 Å². The molecular formula is C15H12BrNO4. The lowest BCUT2D eigenvalue weighted by Crippen LogP contribution is -2.09. The Kier molecular flexibility index (Phi) is 5.19. The molecule has 0 bridgehead atoms. The molecule has 0 heterocycles. The lowest BCUT2D eigenvalue weighted by Gasteiger charge is -2.04. The number of ether oxygens (including phenoxy) is 1. The van der Waals surface area contributed by atoms with Gasteiger partial charge in [-0.15, -0.1) is 0 Å². The highest BCUT2D eigenvalue weighted by atomic mass is 79.9. The standard InChI is InChI=1S/C15H12BrNO4/c16-13-3-1-2-11(8-13)9-21-10-15(18)12-4-6-14(7-5-12)17(19)20/h1-8H,9-10H2. The van der Waals surface area contributed by atoms with E-state index in [4.69, 9.17) is 4.74 Å². The van der Waals surface area contributed by atoms with Gasteiger partial charge in [0, 0.05) is 22.2 Å². The molecule has 0 aliphatic carbocycles. The Morgan fingerprint density at radius 3 is 2.52 bits per heavy atom. The van der Waals surface area contributed by atoms with Crippen molar-refractivity contribution in [1.29, 1.82) is 0 Å². The lowest BCUT2D eigenvalue weighted by atomic mass is 10.1. The summed E-state index contributed by atoms with van der Waals surface area (Å²) in [5.41, 5.74) is 1.32. The second-order valence-electron chi connectivity index (χ2n) is 4.35. The van der Waals surface area contributed by atoms with Crippen LogP contribution in [0.3, 0.4) is 0 Å². The molecule has 0 N–H and O–H groups in total. The first-order valence-corrected chi connectivity index (χ1v) is 6.95. The highest BCUT2D eigenvalue weighted by molar-refractivity contribution is 9.10. The number of nitro groups is 1. The Morgan fingerprint density at radius 2 is 1.90 bits per heavy atom. The summed E-state index contributed by atoms with van der Waals surface area (Å²) in [5.74, 6) is -0.208. The summed E-state index contributed by atoms with van der Waals surface area (Å²) in [7, 11) is 0. The number of carbonyl (C=O) groups is 1. The molecule has 6 heteroatoms. The fourth-order valence-electron chi connectivity index (χ4n) is 1.74. The van der Waals surface area contributed by atoms with E-state index in [2.05, 4.69) is 15.9 Å². The van der Waals surface area contributed by atoms with Crippen molar-refractivity contribution in [2.24, 2.45) is 0 Å². The van der Waals surface area contributed by atoms with Gasteiger partial charge in [-0.2, -0.15) is 0 Å². The van der Waals surface area contributed by atoms with Crippen LogP contribution in [0, 0.1) is 10.1 Å². The van der Waals surface area contributed by atoms with Gasteiger partial charge in [0.25, 0.3) is 5.69 Å². The van der Waals surface area contributed by atoms with Crippen molar-refractivity contribution in [2.75, 3.05) is 6.61 Å². The van der Waals surface area contributed by atoms with Crippen LogP contribution in [0.1, 0.15) is 15.9 Å². The van der Waals surface area contributed by atoms with Crippen LogP contribution in [0.2, 0.25) is 0 Å². The molecule has 0 aromatic heterocycles. The summed E-state index contributed by atoms with van der Waals surface area (Å²) in [6, 6.07) is 13.1. The van der Waals surface area contributed by atoms with Gasteiger partial charge < -0.3 is 4.74 Å². The molecule has 0 spiro atoms. The number of hydrogen-bond acceptors (Lipinski definition) is 4. The van der Waals surface area contributed by atoms with Gasteiger partial charge in [-0.1, -0.05) is 28.1 Å². The summed E-state index contributed by atoms with van der Waals surface area (Å²) in [6.07, 6.45) is 0. The molecule has 21 heavy (non-hydrogen) atoms. The third-order valence-corrected chi connectivity index (χ3v) is 3.28. The van der Waals surface area contributed by atoms with Gasteiger partial charge in [-0.3, -0.25) is 14.9 Å². The normalized spacial score (nSPS) is 10.3. The molecular weight excluding hydrogens is 338 g/mol. The molecule has 2 aromatic carbocycles. The third kappa shape index (κ3) is 4.47. The van der Waals surface area contributed by atoms with Crippen LogP contribution in [0.5, 0.6) is 0 Å². The minimum atomic E-state index is -0.502. The van der Waals surface area contributed by atoms with Gasteiger partial charge in [0.1, 0.15) is 6.61 Å². The van der Waals surface area contributed by atoms with Crippen LogP contribution < -0.4 is 0 Å². The Morgan fingerprint density at radius 1 is 1.19 bits per heavy atom. The van der Waals surface area contributed by atoms with Crippen LogP contribution in [0.15, 0.2) is 53.0 Å². The topological polar surface area (TPSA) is 69.4 Å². The molecule has 0 unspecified atom stereocenters. The fraction of sp³-hybridized carbons (Fsp3) is 0.133. The predicted molar refractivity (Wildman–Crippen MR) is 81.2 cm³/mol. The largest absolute Gasteiger partial charge is 0.369 e. The summed E-state index contributed by atoms with van der Waals surface area (Å²) in [4.78, 5) is 21.9. The van der Waals surface area contributed by atoms with Crippen molar-refractivity contribution in [1.82, 2.24) is 0 Å². The Labute approximate surface area is 129 Å². The number of non-ortho nitro benzene ring substituents is 1. The van der Waals surface area contributed by atoms with Crippen LogP contribution in [0.25, 0.3) is 0 Å². The zero-order chi connectivity index (χ0) is 15.2. The monoisotopic (exact) mass is 349 g/mol. The molecule has 0 saturated heterocycles. The Balaban J connectivity index is 1.88. The Bertz CT molecular complexity index is 655. The molecule has 0 saturated carbocycles. The van der Waals surface area contributed by atoms with Crippen molar-refractivity contribution in [3.05, 3.63) is 74.2 Å². The summed E-state index contributed by atoms with van der Waals surface area (Å²) >= 11 is 3.36. The number of nitrogens with zero attached hydrogens (tertiary/aromatic N) is 1. The average Bonchev–Trinajstić information content (AvgIpc) is 2.47. The van der Waals surface area contributed by atoms with Gasteiger partial charge in [0.15, 0.2) is 5.78 Å². The van der Waals surface area contributed by atoms with Gasteiger partial charge in [-0.05, 0) is 29.8 Å². The number of rotatable bonds is 6. The number of nitro benzene ring substituents is 1. The maximum Gasteiger partial charge on any atom is 0.269 e. The van der Waals surface area contributed by atoms with Crippen molar-refractivity contribution in [2.45, 2.75) is 6.61 Å². The summed E-state index contributed by atoms with van der Waals surface area (Å²) in [6.45, 7) is 0.266. The first-order chi connectivity index (χ1) is 10.1. The average molecular weight is 350 g/mol. The smallest absolute Gasteiger partial charge is 0.269 e. The van der Waals surface area contributed by atoms with Crippen LogP contribution in [-0.4, -0.2) is 17.3 Å². The van der Waals surface area contributed by atoms with E-state index in [9.17, 15) is 14.9 Å². The number of halogens is 1. The fourth-order valence-corrected chi connectivity index (χ4v) is 2.19. The highest BCUT2D eigenvalue weighted by Gasteiger charge is 2.09. The van der Waals surface area contributed by atoms with Crippen molar-refractivity contribution in [3.63, 3.8) is 0 Å². The molecule has 0 fully saturated rings. The van der Waals surface area contributed by atoms with Crippen LogP contribution in [-0.2, 0) is 11.3 Å². The minimum Gasteiger partial charge on any atom is -0.369 e. The number of Topliss-reactive ketones (excluding diaryl/α,β-unsaturated/α-hetero) is 1. The molecule has 0 aliphatic heterocycles. The van der Waals surface area contributed by atoms with E-state index in [1.54, 1.807) is 0 Å². The van der Waals surface area contributed by atoms with Crippen molar-refractivity contribution < 1.29 is 14.5 Å². The number of benzene rings is 2. The first-order valence-electron chi connectivity index (χ1n) is 6.16. The quantitative estimate of drug-likeness (QED) is 0.452. The van der Waals surface area contributed by atoms with E-state index in [1.807, 2.05) is 24.3 Å². The summed E-state index contributed by atoms with van der Waals surface area (Å²) in [5, 5.41) is 10.5. The van der Waals surface area contributed by atoms with Crippen LogP contribution in [0.4, 0.5) is 5.69 Å². The molecule has 2 rings (SSSR count). The molecule has 5 nitrogen and oxygen atoms in total. The first kappa shape index (κ1) is 15.3. The van der Waals surface area contributed by atoms with E-state index < -0.39 is 4.92 Å². The zero-order valence-corrected chi connectivity index (χ0v) is 12.6. The minimum absolute atomic E-state index is 0.0402. The molecule has 2 aromatic rings.